The van der Waals surface area contributed by atoms with Gasteiger partial charge in [0.1, 0.15) is 0 Å². The van der Waals surface area contributed by atoms with Crippen molar-refractivity contribution in [2.24, 2.45) is 0 Å². The van der Waals surface area contributed by atoms with E-state index in [1.54, 1.807) is 0 Å². The number of halogens is 2. The summed E-state index contributed by atoms with van der Waals surface area (Å²) in [4.78, 5) is 10.6. The first-order valence-electron chi connectivity index (χ1n) is 2.85. The lowest BCUT2D eigenvalue weighted by atomic mass is 10.4. The highest BCUT2D eigenvalue weighted by atomic mass is 35.5. The van der Waals surface area contributed by atoms with Crippen LogP contribution in [0, 0.1) is 0 Å². The molecule has 1 aliphatic heterocycles. The second kappa shape index (κ2) is 2.37. The highest BCUT2D eigenvalue weighted by Gasteiger charge is 2.70. The summed E-state index contributed by atoms with van der Waals surface area (Å²) in [6, 6.07) is 0. The number of alkyl halides is 2. The van der Waals surface area contributed by atoms with E-state index in [0.717, 1.165) is 6.08 Å². The molecule has 1 fully saturated rings. The number of rotatable bonds is 2. The smallest absolute Gasteiger partial charge is 0.332 e. The number of hydrogen-bond donors (Lipinski definition) is 0. The van der Waals surface area contributed by atoms with E-state index in [2.05, 4.69) is 11.3 Å². The normalized spacial score (nSPS) is 32.6. The van der Waals surface area contributed by atoms with Gasteiger partial charge < -0.3 is 4.74 Å². The molecule has 0 spiro atoms. The third-order valence-corrected chi connectivity index (χ3v) is 2.11. The van der Waals surface area contributed by atoms with Gasteiger partial charge >= 0.3 is 5.97 Å². The maximum Gasteiger partial charge on any atom is 0.332 e. The van der Waals surface area contributed by atoms with Crippen LogP contribution >= 0.6 is 23.2 Å². The molecule has 0 N–H and O–H groups in total. The number of epoxide rings is 1. The predicted molar refractivity (Wildman–Crippen MR) is 40.2 cm³/mol. The Hall–Kier alpha value is -0.250. The first kappa shape index (κ1) is 8.84. The maximum absolute atomic E-state index is 10.6. The fourth-order valence-electron chi connectivity index (χ4n) is 0.533. The van der Waals surface area contributed by atoms with Gasteiger partial charge in [0.25, 0.3) is 10.3 Å². The monoisotopic (exact) mass is 196 g/mol. The SMILES string of the molecule is C=CC(=O)OC1(C)OC1(Cl)Cl. The van der Waals surface area contributed by atoms with E-state index < -0.39 is 16.3 Å². The molecule has 1 atom stereocenters. The predicted octanol–water partition coefficient (Wildman–Crippen LogP) is 1.59. The van der Waals surface area contributed by atoms with Gasteiger partial charge in [-0.15, -0.1) is 0 Å². The van der Waals surface area contributed by atoms with Gasteiger partial charge in [0.2, 0.25) is 0 Å². The minimum absolute atomic E-state index is 0.615. The van der Waals surface area contributed by atoms with E-state index in [1.165, 1.54) is 6.92 Å². The molecule has 1 heterocycles. The van der Waals surface area contributed by atoms with E-state index >= 15 is 0 Å². The van der Waals surface area contributed by atoms with Crippen molar-refractivity contribution in [3.05, 3.63) is 12.7 Å². The van der Waals surface area contributed by atoms with Crippen molar-refractivity contribution >= 4 is 29.2 Å². The van der Waals surface area contributed by atoms with Gasteiger partial charge in [0.15, 0.2) is 0 Å². The van der Waals surface area contributed by atoms with Crippen LogP contribution in [-0.2, 0) is 14.3 Å². The Balaban J connectivity index is 2.53. The van der Waals surface area contributed by atoms with Gasteiger partial charge in [-0.3, -0.25) is 4.74 Å². The largest absolute Gasteiger partial charge is 0.424 e. The zero-order valence-electron chi connectivity index (χ0n) is 5.77. The molecule has 0 radical (unpaired) electrons. The van der Waals surface area contributed by atoms with Crippen molar-refractivity contribution in [1.82, 2.24) is 0 Å². The minimum atomic E-state index is -1.41. The van der Waals surface area contributed by atoms with Gasteiger partial charge in [-0.1, -0.05) is 29.8 Å². The Kier molecular flexibility index (Phi) is 1.90. The average molecular weight is 197 g/mol. The Bertz CT molecular complexity index is 214. The average Bonchev–Trinajstić information content (AvgIpc) is 2.31. The zero-order chi connectivity index (χ0) is 8.70. The first-order valence-corrected chi connectivity index (χ1v) is 3.60. The zero-order valence-corrected chi connectivity index (χ0v) is 7.28. The summed E-state index contributed by atoms with van der Waals surface area (Å²) in [5.74, 6) is -1.84. The number of carbonyl (C=O) groups excluding carboxylic acids is 1. The third-order valence-electron chi connectivity index (χ3n) is 1.27. The van der Waals surface area contributed by atoms with Crippen LogP contribution in [0.25, 0.3) is 0 Å². The number of esters is 1. The molecule has 1 aliphatic rings. The molecule has 0 aromatic heterocycles. The summed E-state index contributed by atoms with van der Waals surface area (Å²) in [6.45, 7) is 4.67. The minimum Gasteiger partial charge on any atom is -0.424 e. The van der Waals surface area contributed by atoms with Gasteiger partial charge in [-0.05, 0) is 0 Å². The molecule has 11 heavy (non-hydrogen) atoms. The van der Waals surface area contributed by atoms with E-state index in [-0.39, 0.29) is 0 Å². The fourth-order valence-corrected chi connectivity index (χ4v) is 0.905. The van der Waals surface area contributed by atoms with Gasteiger partial charge in [-0.25, -0.2) is 4.79 Å². The van der Waals surface area contributed by atoms with Crippen LogP contribution in [0.4, 0.5) is 0 Å². The Morgan fingerprint density at radius 3 is 2.45 bits per heavy atom. The summed E-state index contributed by atoms with van der Waals surface area (Å²) in [5, 5.41) is 0. The molecule has 1 rings (SSSR count). The molecule has 0 aromatic carbocycles. The van der Waals surface area contributed by atoms with Crippen LogP contribution in [0.3, 0.4) is 0 Å². The summed E-state index contributed by atoms with van der Waals surface area (Å²) in [7, 11) is 0. The van der Waals surface area contributed by atoms with Crippen molar-refractivity contribution < 1.29 is 14.3 Å². The molecule has 62 valence electrons. The highest BCUT2D eigenvalue weighted by molar-refractivity contribution is 6.50. The number of ether oxygens (including phenoxy) is 2. The van der Waals surface area contributed by atoms with Crippen LogP contribution in [0.1, 0.15) is 6.92 Å². The van der Waals surface area contributed by atoms with Crippen LogP contribution in [0.2, 0.25) is 0 Å². The number of carbonyl (C=O) groups is 1. The summed E-state index contributed by atoms with van der Waals surface area (Å²) < 4.78 is 7.96. The first-order chi connectivity index (χ1) is 4.91. The van der Waals surface area contributed by atoms with E-state index in [1.807, 2.05) is 0 Å². The molecule has 0 amide bonds. The Morgan fingerprint density at radius 2 is 2.18 bits per heavy atom. The fraction of sp³-hybridized carbons (Fsp3) is 0.500. The molecule has 1 unspecified atom stereocenters. The lowest BCUT2D eigenvalue weighted by Crippen LogP contribution is -2.20. The van der Waals surface area contributed by atoms with E-state index in [9.17, 15) is 4.79 Å². The molecule has 0 bridgehead atoms. The summed E-state index contributed by atoms with van der Waals surface area (Å²) in [5.41, 5.74) is 0. The Labute approximate surface area is 73.9 Å². The Morgan fingerprint density at radius 1 is 1.73 bits per heavy atom. The third kappa shape index (κ3) is 1.50. The van der Waals surface area contributed by atoms with Crippen LogP contribution in [0.5, 0.6) is 0 Å². The molecule has 1 saturated heterocycles. The van der Waals surface area contributed by atoms with E-state index in [0.29, 0.717) is 0 Å². The molecular weight excluding hydrogens is 191 g/mol. The van der Waals surface area contributed by atoms with E-state index in [4.69, 9.17) is 27.9 Å². The second-order valence-corrected chi connectivity index (χ2v) is 3.45. The molecule has 0 aliphatic carbocycles. The van der Waals surface area contributed by atoms with Gasteiger partial charge in [0, 0.05) is 13.0 Å². The lowest BCUT2D eigenvalue weighted by Gasteiger charge is -2.05. The number of hydrogen-bond acceptors (Lipinski definition) is 3. The molecule has 0 saturated carbocycles. The standard InChI is InChI=1S/C6H6Cl2O3/c1-3-4(9)10-5(2)6(7,8)11-5/h3H,1H2,2H3. The quantitative estimate of drug-likeness (QED) is 0.292. The van der Waals surface area contributed by atoms with Gasteiger partial charge in [-0.2, -0.15) is 0 Å². The topological polar surface area (TPSA) is 38.8 Å². The van der Waals surface area contributed by atoms with Crippen molar-refractivity contribution in [2.45, 2.75) is 17.2 Å². The van der Waals surface area contributed by atoms with Crippen LogP contribution in [-0.4, -0.2) is 16.3 Å². The highest BCUT2D eigenvalue weighted by Crippen LogP contribution is 2.55. The van der Waals surface area contributed by atoms with Crippen molar-refractivity contribution in [1.29, 1.82) is 0 Å². The molecule has 0 aromatic rings. The molecular formula is C6H6Cl2O3. The van der Waals surface area contributed by atoms with Crippen molar-refractivity contribution in [3.8, 4) is 0 Å². The second-order valence-electron chi connectivity index (χ2n) is 2.19. The van der Waals surface area contributed by atoms with Crippen LogP contribution in [0.15, 0.2) is 12.7 Å². The molecule has 3 nitrogen and oxygen atoms in total. The molecule has 5 heteroatoms. The van der Waals surface area contributed by atoms with Gasteiger partial charge in [0.05, 0.1) is 0 Å². The maximum atomic E-state index is 10.6. The summed E-state index contributed by atoms with van der Waals surface area (Å²) in [6.07, 6.45) is 1.01. The summed E-state index contributed by atoms with van der Waals surface area (Å²) >= 11 is 11.0. The van der Waals surface area contributed by atoms with Crippen LogP contribution < -0.4 is 0 Å². The van der Waals surface area contributed by atoms with Crippen molar-refractivity contribution in [2.75, 3.05) is 0 Å². The lowest BCUT2D eigenvalue weighted by molar-refractivity contribution is -0.150. The van der Waals surface area contributed by atoms with Crippen molar-refractivity contribution in [3.63, 3.8) is 0 Å².